The number of hydrogen-bond donors (Lipinski definition) is 2. The zero-order valence-corrected chi connectivity index (χ0v) is 14.0. The Kier molecular flexibility index (Phi) is 5.45. The van der Waals surface area contributed by atoms with E-state index in [9.17, 15) is 15.2 Å². The second-order valence-electron chi connectivity index (χ2n) is 5.58. The molecule has 1 saturated carbocycles. The lowest BCUT2D eigenvalue weighted by Crippen LogP contribution is -2.47. The highest BCUT2D eigenvalue weighted by Crippen LogP contribution is 2.27. The lowest BCUT2D eigenvalue weighted by Gasteiger charge is -2.29. The Morgan fingerprint density at radius 2 is 1.86 bits per heavy atom. The van der Waals surface area contributed by atoms with Crippen LogP contribution in [0.1, 0.15) is 55.3 Å². The second-order valence-corrected chi connectivity index (χ2v) is 6.82. The van der Waals surface area contributed by atoms with Gasteiger partial charge in [-0.15, -0.1) is 0 Å². The molecule has 112 valence electrons. The molecule has 0 unspecified atom stereocenters. The van der Waals surface area contributed by atoms with Gasteiger partial charge in [0.2, 0.25) is 0 Å². The van der Waals surface area contributed by atoms with E-state index < -0.39 is 5.54 Å². The zero-order valence-electron chi connectivity index (χ0n) is 11.9. The van der Waals surface area contributed by atoms with Crippen LogP contribution in [0.25, 0.3) is 0 Å². The van der Waals surface area contributed by atoms with Gasteiger partial charge in [-0.25, -0.2) is 0 Å². The molecule has 0 aliphatic heterocycles. The van der Waals surface area contributed by atoms with Gasteiger partial charge in [-0.1, -0.05) is 32.1 Å². The van der Waals surface area contributed by atoms with Gasteiger partial charge >= 0.3 is 0 Å². The van der Waals surface area contributed by atoms with E-state index in [4.69, 9.17) is 0 Å². The maximum Gasteiger partial charge on any atom is 0.256 e. The first-order chi connectivity index (χ1) is 10.1. The Labute approximate surface area is 138 Å². The molecule has 1 fully saturated rings. The first-order valence-electron chi connectivity index (χ1n) is 7.29. The number of benzene rings is 1. The first-order valence-corrected chi connectivity index (χ1v) is 8.36. The number of carbonyl (C=O) groups excluding carboxylic acids is 1. The van der Waals surface area contributed by atoms with Crippen molar-refractivity contribution in [3.8, 4) is 11.8 Å². The summed E-state index contributed by atoms with van der Waals surface area (Å²) in [5.74, 6) is -0.417. The molecule has 0 radical (unpaired) electrons. The van der Waals surface area contributed by atoms with Gasteiger partial charge in [-0.3, -0.25) is 4.79 Å². The number of hydrogen-bond acceptors (Lipinski definition) is 3. The number of amides is 1. The van der Waals surface area contributed by atoms with Gasteiger partial charge < -0.3 is 10.4 Å². The first kappa shape index (κ1) is 16.1. The number of phenolic OH excluding ortho intramolecular Hbond substituents is 1. The summed E-state index contributed by atoms with van der Waals surface area (Å²) >= 11 is 2.09. The molecule has 2 rings (SSSR count). The summed E-state index contributed by atoms with van der Waals surface area (Å²) < 4.78 is 0.874. The molecular weight excluding hydrogens is 379 g/mol. The number of rotatable bonds is 2. The van der Waals surface area contributed by atoms with Crippen molar-refractivity contribution in [3.63, 3.8) is 0 Å². The summed E-state index contributed by atoms with van der Waals surface area (Å²) in [5.41, 5.74) is -0.566. The minimum atomic E-state index is -0.800. The predicted octanol–water partition coefficient (Wildman–Crippen LogP) is 3.73. The van der Waals surface area contributed by atoms with Crippen molar-refractivity contribution in [1.29, 1.82) is 5.26 Å². The van der Waals surface area contributed by atoms with Crippen LogP contribution >= 0.6 is 22.6 Å². The van der Waals surface area contributed by atoms with E-state index in [1.807, 2.05) is 0 Å². The van der Waals surface area contributed by atoms with Crippen molar-refractivity contribution in [1.82, 2.24) is 5.32 Å². The van der Waals surface area contributed by atoms with E-state index >= 15 is 0 Å². The molecule has 1 aromatic carbocycles. The molecule has 1 amide bonds. The van der Waals surface area contributed by atoms with Gasteiger partial charge in [0.25, 0.3) is 5.91 Å². The maximum atomic E-state index is 12.4. The zero-order chi connectivity index (χ0) is 15.3. The van der Waals surface area contributed by atoms with E-state index in [2.05, 4.69) is 34.0 Å². The van der Waals surface area contributed by atoms with Crippen LogP contribution in [-0.2, 0) is 0 Å². The molecule has 0 spiro atoms. The maximum absolute atomic E-state index is 12.4. The average Bonchev–Trinajstić information content (AvgIpc) is 2.44. The molecule has 0 aromatic heterocycles. The van der Waals surface area contributed by atoms with Gasteiger partial charge in [0.05, 0.1) is 11.6 Å². The van der Waals surface area contributed by atoms with Crippen LogP contribution in [0.2, 0.25) is 0 Å². The van der Waals surface area contributed by atoms with E-state index in [1.165, 1.54) is 12.5 Å². The minimum absolute atomic E-state index is 0.0492. The molecule has 5 heteroatoms. The van der Waals surface area contributed by atoms with Crippen molar-refractivity contribution in [3.05, 3.63) is 27.3 Å². The number of nitriles is 1. The van der Waals surface area contributed by atoms with E-state index in [1.54, 1.807) is 12.1 Å². The molecule has 0 saturated heterocycles. The molecule has 4 nitrogen and oxygen atoms in total. The highest BCUT2D eigenvalue weighted by Gasteiger charge is 2.32. The van der Waals surface area contributed by atoms with Gasteiger partial charge in [0, 0.05) is 3.57 Å². The fraction of sp³-hybridized carbons (Fsp3) is 0.500. The van der Waals surface area contributed by atoms with Crippen molar-refractivity contribution in [2.75, 3.05) is 0 Å². The molecule has 1 aliphatic carbocycles. The summed E-state index contributed by atoms with van der Waals surface area (Å²) in [7, 11) is 0. The number of halogens is 1. The number of carbonyl (C=O) groups is 1. The quantitative estimate of drug-likeness (QED) is 0.746. The third-order valence-corrected chi connectivity index (χ3v) is 4.65. The smallest absolute Gasteiger partial charge is 0.256 e. The van der Waals surface area contributed by atoms with E-state index in [0.717, 1.165) is 29.3 Å². The summed E-state index contributed by atoms with van der Waals surface area (Å²) in [6.45, 7) is 0. The number of nitrogens with one attached hydrogen (secondary N) is 1. The summed E-state index contributed by atoms with van der Waals surface area (Å²) in [6, 6.07) is 7.19. The van der Waals surface area contributed by atoms with Crippen LogP contribution in [-0.4, -0.2) is 16.6 Å². The number of nitrogens with zero attached hydrogens (tertiary/aromatic N) is 1. The molecule has 0 bridgehead atoms. The third-order valence-electron chi connectivity index (χ3n) is 3.98. The predicted molar refractivity (Wildman–Crippen MR) is 89.0 cm³/mol. The molecule has 0 atom stereocenters. The molecule has 1 aliphatic rings. The minimum Gasteiger partial charge on any atom is -0.507 e. The Hall–Kier alpha value is -1.29. The Bertz CT molecular complexity index is 558. The monoisotopic (exact) mass is 398 g/mol. The van der Waals surface area contributed by atoms with E-state index in [0.29, 0.717) is 12.8 Å². The van der Waals surface area contributed by atoms with Crippen LogP contribution in [0.15, 0.2) is 18.2 Å². The molecule has 0 heterocycles. The van der Waals surface area contributed by atoms with Crippen molar-refractivity contribution < 1.29 is 9.90 Å². The summed E-state index contributed by atoms with van der Waals surface area (Å²) in [4.78, 5) is 12.4. The normalized spacial score (nSPS) is 18.1. The number of phenols is 1. The van der Waals surface area contributed by atoms with Gasteiger partial charge in [0.1, 0.15) is 11.3 Å². The standard InChI is InChI=1S/C16H19IN2O2/c17-12-6-7-14(20)13(10-12)15(21)19-16(11-18)8-4-2-1-3-5-9-16/h6-7,10,20H,1-5,8-9H2,(H,19,21). The van der Waals surface area contributed by atoms with E-state index in [-0.39, 0.29) is 17.2 Å². The van der Waals surface area contributed by atoms with Crippen molar-refractivity contribution in [2.24, 2.45) is 0 Å². The van der Waals surface area contributed by atoms with Crippen molar-refractivity contribution >= 4 is 28.5 Å². The lowest BCUT2D eigenvalue weighted by atomic mass is 9.85. The van der Waals surface area contributed by atoms with Crippen LogP contribution < -0.4 is 5.32 Å². The topological polar surface area (TPSA) is 73.1 Å². The van der Waals surface area contributed by atoms with Crippen LogP contribution in [0, 0.1) is 14.9 Å². The Morgan fingerprint density at radius 3 is 2.48 bits per heavy atom. The molecular formula is C16H19IN2O2. The van der Waals surface area contributed by atoms with Gasteiger partial charge in [-0.05, 0) is 53.6 Å². The Balaban J connectivity index is 2.18. The molecule has 2 N–H and O–H groups in total. The van der Waals surface area contributed by atoms with Crippen LogP contribution in [0.5, 0.6) is 5.75 Å². The van der Waals surface area contributed by atoms with Crippen LogP contribution in [0.3, 0.4) is 0 Å². The largest absolute Gasteiger partial charge is 0.507 e. The molecule has 1 aromatic rings. The number of aromatic hydroxyl groups is 1. The fourth-order valence-electron chi connectivity index (χ4n) is 2.75. The Morgan fingerprint density at radius 1 is 1.24 bits per heavy atom. The summed E-state index contributed by atoms with van der Waals surface area (Å²) in [5, 5.41) is 22.3. The lowest BCUT2D eigenvalue weighted by molar-refractivity contribution is 0.0905. The van der Waals surface area contributed by atoms with Gasteiger partial charge in [0.15, 0.2) is 0 Å². The average molecular weight is 398 g/mol. The fourth-order valence-corrected chi connectivity index (χ4v) is 3.24. The summed E-state index contributed by atoms with van der Waals surface area (Å²) in [6.07, 6.45) is 6.67. The molecule has 21 heavy (non-hydrogen) atoms. The highest BCUT2D eigenvalue weighted by atomic mass is 127. The van der Waals surface area contributed by atoms with Crippen molar-refractivity contribution in [2.45, 2.75) is 50.5 Å². The van der Waals surface area contributed by atoms with Crippen LogP contribution in [0.4, 0.5) is 0 Å². The SMILES string of the molecule is N#CC1(NC(=O)c2cc(I)ccc2O)CCCCCCC1. The second kappa shape index (κ2) is 7.12. The van der Waals surface area contributed by atoms with Gasteiger partial charge in [-0.2, -0.15) is 5.26 Å². The highest BCUT2D eigenvalue weighted by molar-refractivity contribution is 14.1. The third kappa shape index (κ3) is 4.10.